The summed E-state index contributed by atoms with van der Waals surface area (Å²) in [7, 11) is 0. The van der Waals surface area contributed by atoms with Crippen molar-refractivity contribution in [2.45, 2.75) is 33.6 Å². The Bertz CT molecular complexity index is 342. The maximum Gasteiger partial charge on any atom is 0.136 e. The molecule has 15 heavy (non-hydrogen) atoms. The maximum atomic E-state index is 12.7. The van der Waals surface area contributed by atoms with Gasteiger partial charge in [-0.2, -0.15) is 0 Å². The number of ketones is 1. The van der Waals surface area contributed by atoms with Gasteiger partial charge in [0.1, 0.15) is 11.6 Å². The van der Waals surface area contributed by atoms with Gasteiger partial charge in [-0.05, 0) is 37.5 Å². The Balaban J connectivity index is 2.84. The minimum absolute atomic E-state index is 0.189. The molecule has 1 unspecified atom stereocenters. The molecule has 0 heterocycles. The molecule has 0 aliphatic heterocycles. The third kappa shape index (κ3) is 2.88. The lowest BCUT2D eigenvalue weighted by molar-refractivity contribution is -0.125. The zero-order valence-corrected chi connectivity index (χ0v) is 9.51. The van der Waals surface area contributed by atoms with E-state index < -0.39 is 0 Å². The minimum atomic E-state index is -0.322. The van der Waals surface area contributed by atoms with E-state index in [0.29, 0.717) is 6.42 Å². The molecule has 0 saturated carbocycles. The fourth-order valence-corrected chi connectivity index (χ4v) is 1.55. The number of hydrogen-bond acceptors (Lipinski definition) is 1. The Labute approximate surface area is 90.3 Å². The largest absolute Gasteiger partial charge is 0.299 e. The molecular weight excluding hydrogens is 191 g/mol. The highest BCUT2D eigenvalue weighted by Crippen LogP contribution is 2.27. The molecule has 0 aliphatic carbocycles. The zero-order chi connectivity index (χ0) is 11.5. The fraction of sp³-hybridized carbons (Fsp3) is 0.462. The summed E-state index contributed by atoms with van der Waals surface area (Å²) in [6.07, 6.45) is 1.48. The number of carbonyl (C=O) groups is 1. The molecule has 1 aromatic rings. The summed E-state index contributed by atoms with van der Waals surface area (Å²) in [6, 6.07) is 6.36. The highest BCUT2D eigenvalue weighted by molar-refractivity contribution is 5.82. The minimum Gasteiger partial charge on any atom is -0.299 e. The van der Waals surface area contributed by atoms with Crippen molar-refractivity contribution in [2.75, 3.05) is 0 Å². The number of rotatable bonds is 4. The van der Waals surface area contributed by atoms with Gasteiger partial charge in [0.2, 0.25) is 0 Å². The summed E-state index contributed by atoms with van der Waals surface area (Å²) in [6.45, 7) is 5.58. The quantitative estimate of drug-likeness (QED) is 0.741. The van der Waals surface area contributed by atoms with Crippen LogP contribution in [0.5, 0.6) is 0 Å². The summed E-state index contributed by atoms with van der Waals surface area (Å²) >= 11 is 0. The van der Waals surface area contributed by atoms with Crippen LogP contribution in [0.1, 0.15) is 32.8 Å². The van der Waals surface area contributed by atoms with Crippen molar-refractivity contribution in [1.82, 2.24) is 0 Å². The molecule has 2 heteroatoms. The number of benzene rings is 1. The van der Waals surface area contributed by atoms with Crippen LogP contribution >= 0.6 is 0 Å². The second-order valence-corrected chi connectivity index (χ2v) is 4.27. The van der Waals surface area contributed by atoms with E-state index in [4.69, 9.17) is 0 Å². The van der Waals surface area contributed by atoms with Crippen LogP contribution in [0.3, 0.4) is 0 Å². The zero-order valence-electron chi connectivity index (χ0n) is 9.51. The molecule has 1 nitrogen and oxygen atoms in total. The van der Waals surface area contributed by atoms with E-state index in [1.54, 1.807) is 19.1 Å². The van der Waals surface area contributed by atoms with Gasteiger partial charge in [-0.3, -0.25) is 4.79 Å². The molecule has 0 amide bonds. The van der Waals surface area contributed by atoms with Crippen molar-refractivity contribution in [3.05, 3.63) is 35.6 Å². The maximum absolute atomic E-state index is 12.7. The lowest BCUT2D eigenvalue weighted by atomic mass is 9.78. The standard InChI is InChI=1S/C13H17FO/c1-4-13(3,10(2)15)9-11-5-7-12(14)8-6-11/h5-8H,4,9H2,1-3H3. The Kier molecular flexibility index (Phi) is 3.61. The first-order chi connectivity index (χ1) is 6.98. The number of carbonyl (C=O) groups excluding carboxylic acids is 1. The summed E-state index contributed by atoms with van der Waals surface area (Å²) in [4.78, 5) is 11.5. The molecule has 1 atom stereocenters. The van der Waals surface area contributed by atoms with Crippen LogP contribution in [-0.4, -0.2) is 5.78 Å². The van der Waals surface area contributed by atoms with Crippen LogP contribution in [0.2, 0.25) is 0 Å². The molecular formula is C13H17FO. The van der Waals surface area contributed by atoms with Gasteiger partial charge in [0.15, 0.2) is 0 Å². The van der Waals surface area contributed by atoms with E-state index in [1.165, 1.54) is 12.1 Å². The van der Waals surface area contributed by atoms with Crippen LogP contribution in [0.4, 0.5) is 4.39 Å². The van der Waals surface area contributed by atoms with E-state index in [2.05, 4.69) is 0 Å². The molecule has 0 radical (unpaired) electrons. The van der Waals surface area contributed by atoms with Gasteiger partial charge in [0.05, 0.1) is 0 Å². The second kappa shape index (κ2) is 4.56. The summed E-state index contributed by atoms with van der Waals surface area (Å²) < 4.78 is 12.7. The van der Waals surface area contributed by atoms with Crippen LogP contribution in [-0.2, 0) is 11.2 Å². The third-order valence-electron chi connectivity index (χ3n) is 3.14. The van der Waals surface area contributed by atoms with E-state index in [1.807, 2.05) is 13.8 Å². The molecule has 0 spiro atoms. The topological polar surface area (TPSA) is 17.1 Å². The van der Waals surface area contributed by atoms with Gasteiger partial charge in [0, 0.05) is 5.41 Å². The first kappa shape index (κ1) is 11.9. The highest BCUT2D eigenvalue weighted by Gasteiger charge is 2.27. The van der Waals surface area contributed by atoms with Gasteiger partial charge >= 0.3 is 0 Å². The molecule has 82 valence electrons. The second-order valence-electron chi connectivity index (χ2n) is 4.27. The van der Waals surface area contributed by atoms with Crippen LogP contribution in [0, 0.1) is 11.2 Å². The molecule has 0 aliphatic rings. The SMILES string of the molecule is CCC(C)(Cc1ccc(F)cc1)C(C)=O. The Hall–Kier alpha value is -1.18. The Morgan fingerprint density at radius 2 is 1.87 bits per heavy atom. The molecule has 1 rings (SSSR count). The first-order valence-electron chi connectivity index (χ1n) is 5.23. The van der Waals surface area contributed by atoms with Gasteiger partial charge in [-0.25, -0.2) is 4.39 Å². The number of Topliss-reactive ketones (excluding diaryl/α,β-unsaturated/α-hetero) is 1. The van der Waals surface area contributed by atoms with Crippen molar-refractivity contribution in [3.8, 4) is 0 Å². The highest BCUT2D eigenvalue weighted by atomic mass is 19.1. The lowest BCUT2D eigenvalue weighted by Crippen LogP contribution is -2.27. The lowest BCUT2D eigenvalue weighted by Gasteiger charge is -2.25. The van der Waals surface area contributed by atoms with E-state index in [9.17, 15) is 9.18 Å². The molecule has 1 aromatic carbocycles. The summed E-state index contributed by atoms with van der Waals surface area (Å²) in [5, 5.41) is 0. The monoisotopic (exact) mass is 208 g/mol. The van der Waals surface area contributed by atoms with Crippen LogP contribution < -0.4 is 0 Å². The van der Waals surface area contributed by atoms with Crippen molar-refractivity contribution < 1.29 is 9.18 Å². The third-order valence-corrected chi connectivity index (χ3v) is 3.14. The average molecular weight is 208 g/mol. The molecule has 0 saturated heterocycles. The van der Waals surface area contributed by atoms with Gasteiger partial charge < -0.3 is 0 Å². The summed E-state index contributed by atoms with van der Waals surface area (Å²) in [5.41, 5.74) is 0.689. The van der Waals surface area contributed by atoms with Crippen LogP contribution in [0.25, 0.3) is 0 Å². The van der Waals surface area contributed by atoms with Gasteiger partial charge in [0.25, 0.3) is 0 Å². The summed E-state index contributed by atoms with van der Waals surface area (Å²) in [5.74, 6) is -0.0471. The van der Waals surface area contributed by atoms with E-state index in [-0.39, 0.29) is 17.0 Å². The smallest absolute Gasteiger partial charge is 0.136 e. The fourth-order valence-electron chi connectivity index (χ4n) is 1.55. The van der Waals surface area contributed by atoms with Crippen molar-refractivity contribution in [2.24, 2.45) is 5.41 Å². The van der Waals surface area contributed by atoms with Gasteiger partial charge in [-0.15, -0.1) is 0 Å². The predicted molar refractivity (Wildman–Crippen MR) is 59.2 cm³/mol. The molecule has 0 bridgehead atoms. The van der Waals surface area contributed by atoms with E-state index >= 15 is 0 Å². The normalized spacial score (nSPS) is 14.7. The molecule has 0 aromatic heterocycles. The molecule has 0 fully saturated rings. The van der Waals surface area contributed by atoms with E-state index in [0.717, 1.165) is 12.0 Å². The Morgan fingerprint density at radius 3 is 2.27 bits per heavy atom. The predicted octanol–water partition coefficient (Wildman–Crippen LogP) is 3.37. The first-order valence-corrected chi connectivity index (χ1v) is 5.23. The Morgan fingerprint density at radius 1 is 1.33 bits per heavy atom. The van der Waals surface area contributed by atoms with Gasteiger partial charge in [-0.1, -0.05) is 26.0 Å². The van der Waals surface area contributed by atoms with Crippen molar-refractivity contribution in [3.63, 3.8) is 0 Å². The number of halogens is 1. The van der Waals surface area contributed by atoms with Crippen molar-refractivity contribution in [1.29, 1.82) is 0 Å². The number of hydrogen-bond donors (Lipinski definition) is 0. The molecule has 0 N–H and O–H groups in total. The van der Waals surface area contributed by atoms with Crippen molar-refractivity contribution >= 4 is 5.78 Å². The van der Waals surface area contributed by atoms with Crippen LogP contribution in [0.15, 0.2) is 24.3 Å². The average Bonchev–Trinajstić information content (AvgIpc) is 2.21.